The number of hydrogen-bond donors (Lipinski definition) is 0. The molecule has 0 spiro atoms. The quantitative estimate of drug-likeness (QED) is 0.680. The van der Waals surface area contributed by atoms with E-state index in [1.165, 1.54) is 0 Å². The molecule has 1 aromatic carbocycles. The molecule has 0 aliphatic heterocycles. The van der Waals surface area contributed by atoms with Crippen molar-refractivity contribution in [2.75, 3.05) is 45.4 Å². The van der Waals surface area contributed by atoms with E-state index in [4.69, 9.17) is 21.1 Å². The lowest BCUT2D eigenvalue weighted by Crippen LogP contribution is -2.31. The van der Waals surface area contributed by atoms with Crippen molar-refractivity contribution in [2.24, 2.45) is 0 Å². The molecule has 0 saturated heterocycles. The Kier molecular flexibility index (Phi) is 6.72. The Morgan fingerprint density at radius 2 is 1.83 bits per heavy atom. The summed E-state index contributed by atoms with van der Waals surface area (Å²) in [6.07, 6.45) is 0.813. The van der Waals surface area contributed by atoms with E-state index >= 15 is 0 Å². The van der Waals surface area contributed by atoms with Gasteiger partial charge in [-0.3, -0.25) is 4.79 Å². The minimum atomic E-state index is 0.555. The highest BCUT2D eigenvalue weighted by atomic mass is 35.5. The van der Waals surface area contributed by atoms with E-state index < -0.39 is 0 Å². The van der Waals surface area contributed by atoms with E-state index in [1.807, 2.05) is 11.0 Å². The first kappa shape index (κ1) is 15.0. The second kappa shape index (κ2) is 8.08. The van der Waals surface area contributed by atoms with E-state index in [0.29, 0.717) is 36.9 Å². The SMILES string of the molecule is COCCN(CCOC)c1ccc(Cl)cc1C=O. The molecule has 0 heterocycles. The van der Waals surface area contributed by atoms with Gasteiger partial charge in [0.2, 0.25) is 0 Å². The molecular weight excluding hydrogens is 254 g/mol. The van der Waals surface area contributed by atoms with Gasteiger partial charge in [-0.1, -0.05) is 11.6 Å². The first-order valence-corrected chi connectivity index (χ1v) is 6.08. The normalized spacial score (nSPS) is 10.4. The third-order valence-corrected chi connectivity index (χ3v) is 2.82. The van der Waals surface area contributed by atoms with Crippen LogP contribution >= 0.6 is 11.6 Å². The Balaban J connectivity index is 2.91. The highest BCUT2D eigenvalue weighted by Crippen LogP contribution is 2.22. The van der Waals surface area contributed by atoms with Crippen LogP contribution in [0, 0.1) is 0 Å². The average molecular weight is 272 g/mol. The van der Waals surface area contributed by atoms with Crippen LogP contribution in [0.4, 0.5) is 5.69 Å². The minimum Gasteiger partial charge on any atom is -0.383 e. The third kappa shape index (κ3) is 4.29. The van der Waals surface area contributed by atoms with Crippen LogP contribution in [0.25, 0.3) is 0 Å². The number of carbonyl (C=O) groups is 1. The molecule has 100 valence electrons. The Morgan fingerprint density at radius 3 is 2.33 bits per heavy atom. The maximum Gasteiger partial charge on any atom is 0.152 e. The van der Waals surface area contributed by atoms with Crippen molar-refractivity contribution in [3.8, 4) is 0 Å². The summed E-state index contributed by atoms with van der Waals surface area (Å²) in [6, 6.07) is 5.28. The lowest BCUT2D eigenvalue weighted by Gasteiger charge is -2.25. The van der Waals surface area contributed by atoms with E-state index in [1.54, 1.807) is 26.4 Å². The molecule has 0 aliphatic rings. The Morgan fingerprint density at radius 1 is 1.22 bits per heavy atom. The molecule has 4 nitrogen and oxygen atoms in total. The molecule has 1 rings (SSSR count). The third-order valence-electron chi connectivity index (χ3n) is 2.59. The van der Waals surface area contributed by atoms with Gasteiger partial charge in [0.05, 0.1) is 13.2 Å². The molecule has 0 N–H and O–H groups in total. The molecule has 0 saturated carbocycles. The summed E-state index contributed by atoms with van der Waals surface area (Å²) in [5, 5.41) is 0.555. The van der Waals surface area contributed by atoms with Gasteiger partial charge in [-0.2, -0.15) is 0 Å². The van der Waals surface area contributed by atoms with Gasteiger partial charge in [0.15, 0.2) is 6.29 Å². The summed E-state index contributed by atoms with van der Waals surface area (Å²) in [6.45, 7) is 2.57. The van der Waals surface area contributed by atoms with Crippen molar-refractivity contribution in [1.82, 2.24) is 0 Å². The number of aldehydes is 1. The Bertz CT molecular complexity index is 376. The molecular formula is C13H18ClNO3. The second-order valence-electron chi connectivity index (χ2n) is 3.79. The van der Waals surface area contributed by atoms with Crippen LogP contribution in [0.15, 0.2) is 18.2 Å². The number of nitrogens with zero attached hydrogens (tertiary/aromatic N) is 1. The van der Waals surface area contributed by atoms with Crippen LogP contribution in [0.5, 0.6) is 0 Å². The van der Waals surface area contributed by atoms with Crippen LogP contribution in [-0.2, 0) is 9.47 Å². The molecule has 1 aromatic rings. The van der Waals surface area contributed by atoms with Gasteiger partial charge in [-0.15, -0.1) is 0 Å². The Labute approximate surface area is 112 Å². The molecule has 0 fully saturated rings. The molecule has 0 radical (unpaired) electrons. The van der Waals surface area contributed by atoms with Gasteiger partial charge in [0.25, 0.3) is 0 Å². The van der Waals surface area contributed by atoms with E-state index in [9.17, 15) is 4.79 Å². The standard InChI is InChI=1S/C13H18ClNO3/c1-17-7-5-15(6-8-18-2)13-4-3-12(14)9-11(13)10-16/h3-4,9-10H,5-8H2,1-2H3. The lowest BCUT2D eigenvalue weighted by atomic mass is 10.1. The number of benzene rings is 1. The minimum absolute atomic E-state index is 0.555. The predicted molar refractivity (Wildman–Crippen MR) is 72.8 cm³/mol. The predicted octanol–water partition coefficient (Wildman–Crippen LogP) is 2.25. The molecule has 0 unspecified atom stereocenters. The molecule has 5 heteroatoms. The zero-order valence-corrected chi connectivity index (χ0v) is 11.4. The van der Waals surface area contributed by atoms with Crippen LogP contribution in [0.2, 0.25) is 5.02 Å². The number of carbonyl (C=O) groups excluding carboxylic acids is 1. The summed E-state index contributed by atoms with van der Waals surface area (Å²) in [4.78, 5) is 13.1. The van der Waals surface area contributed by atoms with Crippen molar-refractivity contribution in [3.05, 3.63) is 28.8 Å². The molecule has 0 bridgehead atoms. The number of methoxy groups -OCH3 is 2. The fourth-order valence-electron chi connectivity index (χ4n) is 1.66. The summed E-state index contributed by atoms with van der Waals surface area (Å²) in [5.74, 6) is 0. The maximum atomic E-state index is 11.1. The van der Waals surface area contributed by atoms with E-state index in [0.717, 1.165) is 12.0 Å². The molecule has 0 aromatic heterocycles. The average Bonchev–Trinajstić information content (AvgIpc) is 2.39. The summed E-state index contributed by atoms with van der Waals surface area (Å²) < 4.78 is 10.1. The first-order chi connectivity index (χ1) is 8.72. The zero-order valence-electron chi connectivity index (χ0n) is 10.7. The largest absolute Gasteiger partial charge is 0.383 e. The summed E-state index contributed by atoms with van der Waals surface area (Å²) >= 11 is 5.88. The second-order valence-corrected chi connectivity index (χ2v) is 4.23. The Hall–Kier alpha value is -1.10. The maximum absolute atomic E-state index is 11.1. The fourth-order valence-corrected chi connectivity index (χ4v) is 1.84. The molecule has 0 atom stereocenters. The fraction of sp³-hybridized carbons (Fsp3) is 0.462. The van der Waals surface area contributed by atoms with E-state index in [-0.39, 0.29) is 0 Å². The number of halogens is 1. The summed E-state index contributed by atoms with van der Waals surface area (Å²) in [5.41, 5.74) is 1.43. The van der Waals surface area contributed by atoms with Crippen LogP contribution in [-0.4, -0.2) is 46.8 Å². The highest BCUT2D eigenvalue weighted by molar-refractivity contribution is 6.31. The first-order valence-electron chi connectivity index (χ1n) is 5.70. The monoisotopic (exact) mass is 271 g/mol. The number of anilines is 1. The zero-order chi connectivity index (χ0) is 13.4. The number of rotatable bonds is 8. The highest BCUT2D eigenvalue weighted by Gasteiger charge is 2.11. The van der Waals surface area contributed by atoms with Crippen molar-refractivity contribution >= 4 is 23.6 Å². The van der Waals surface area contributed by atoms with Gasteiger partial charge in [0.1, 0.15) is 0 Å². The van der Waals surface area contributed by atoms with E-state index in [2.05, 4.69) is 0 Å². The number of ether oxygens (including phenoxy) is 2. The van der Waals surface area contributed by atoms with Crippen LogP contribution in [0.1, 0.15) is 10.4 Å². The molecule has 0 aliphatic carbocycles. The summed E-state index contributed by atoms with van der Waals surface area (Å²) in [7, 11) is 3.30. The van der Waals surface area contributed by atoms with Gasteiger partial charge in [-0.25, -0.2) is 0 Å². The van der Waals surface area contributed by atoms with Crippen LogP contribution < -0.4 is 4.90 Å². The van der Waals surface area contributed by atoms with Crippen molar-refractivity contribution in [3.63, 3.8) is 0 Å². The molecule has 0 amide bonds. The van der Waals surface area contributed by atoms with Crippen molar-refractivity contribution in [1.29, 1.82) is 0 Å². The van der Waals surface area contributed by atoms with Gasteiger partial charge in [-0.05, 0) is 18.2 Å². The smallest absolute Gasteiger partial charge is 0.152 e. The van der Waals surface area contributed by atoms with Gasteiger partial charge in [0, 0.05) is 43.6 Å². The van der Waals surface area contributed by atoms with Crippen molar-refractivity contribution < 1.29 is 14.3 Å². The topological polar surface area (TPSA) is 38.8 Å². The molecule has 18 heavy (non-hydrogen) atoms. The van der Waals surface area contributed by atoms with Crippen LogP contribution in [0.3, 0.4) is 0 Å². The van der Waals surface area contributed by atoms with Gasteiger partial charge >= 0.3 is 0 Å². The number of hydrogen-bond acceptors (Lipinski definition) is 4. The van der Waals surface area contributed by atoms with Crippen molar-refractivity contribution in [2.45, 2.75) is 0 Å². The lowest BCUT2D eigenvalue weighted by molar-refractivity contribution is 0.112. The van der Waals surface area contributed by atoms with Gasteiger partial charge < -0.3 is 14.4 Å².